The monoisotopic (exact) mass is 667 g/mol. The van der Waals surface area contributed by atoms with Crippen molar-refractivity contribution < 1.29 is 33.9 Å². The van der Waals surface area contributed by atoms with Gasteiger partial charge in [0.15, 0.2) is 0 Å². The number of carbonyl (C=O) groups is 6. The first kappa shape index (κ1) is 33.0. The van der Waals surface area contributed by atoms with Gasteiger partial charge in [0.05, 0.1) is 6.04 Å². The van der Waals surface area contributed by atoms with Crippen molar-refractivity contribution >= 4 is 47.1 Å². The maximum Gasteiger partial charge on any atom is 0.326 e. The van der Waals surface area contributed by atoms with Gasteiger partial charge in [-0.2, -0.15) is 0 Å². The van der Waals surface area contributed by atoms with Crippen molar-refractivity contribution in [2.45, 2.75) is 95.0 Å². The van der Waals surface area contributed by atoms with E-state index in [1.807, 2.05) is 19.1 Å². The Balaban J connectivity index is 1.19. The Labute approximate surface area is 279 Å². The van der Waals surface area contributed by atoms with Gasteiger partial charge in [-0.05, 0) is 56.1 Å². The molecule has 13 heteroatoms. The number of aliphatic carboxylic acids is 1. The largest absolute Gasteiger partial charge is 0.480 e. The number of carboxylic acid groups (broad SMARTS) is 1. The lowest BCUT2D eigenvalue weighted by atomic mass is 9.97. The van der Waals surface area contributed by atoms with Gasteiger partial charge in [-0.3, -0.25) is 24.0 Å². The molecule has 1 aromatic rings. The molecule has 12 nitrogen and oxygen atoms in total. The molecule has 5 aliphatic rings. The standard InChI is InChI=1S/C34H42ClN5O7/c1-19-17-28(34(46)47)40-25(19)12-11-21-13-16-39(29(21)33(40)45)32(44)27-10-6-15-38(27)31(43)26-9-5-14-37(26)30(42)24(36-20(2)41)18-22-7-3-4-8-23(22)35/h3-4,7-8,11-12,19,21,24-29H,5-6,9-10,13-18H2,1-2H3,(H,36,41)(H,46,47)/t19-,21+,24+,25+,26+,27+,28+,29+/m1/s1. The number of halogens is 1. The molecule has 0 aromatic heterocycles. The lowest BCUT2D eigenvalue weighted by molar-refractivity contribution is -0.155. The van der Waals surface area contributed by atoms with E-state index < -0.39 is 36.2 Å². The van der Waals surface area contributed by atoms with Gasteiger partial charge in [0.1, 0.15) is 30.2 Å². The van der Waals surface area contributed by atoms with E-state index in [0.717, 1.165) is 0 Å². The van der Waals surface area contributed by atoms with Crippen LogP contribution < -0.4 is 5.32 Å². The average Bonchev–Trinajstić information content (AvgIpc) is 3.84. The third-order valence-corrected chi connectivity index (χ3v) is 11.0. The molecular formula is C34H42ClN5O7. The number of hydrogen-bond acceptors (Lipinski definition) is 6. The zero-order chi connectivity index (χ0) is 33.6. The fourth-order valence-corrected chi connectivity index (χ4v) is 8.58. The summed E-state index contributed by atoms with van der Waals surface area (Å²) >= 11 is 6.36. The Morgan fingerprint density at radius 3 is 2.26 bits per heavy atom. The van der Waals surface area contributed by atoms with Gasteiger partial charge in [0.25, 0.3) is 0 Å². The predicted molar refractivity (Wildman–Crippen MR) is 171 cm³/mol. The van der Waals surface area contributed by atoms with Crippen LogP contribution in [-0.2, 0) is 35.2 Å². The zero-order valence-corrected chi connectivity index (χ0v) is 27.5. The molecule has 5 aliphatic heterocycles. The molecule has 4 saturated heterocycles. The zero-order valence-electron chi connectivity index (χ0n) is 26.7. The number of benzene rings is 1. The van der Waals surface area contributed by atoms with Crippen LogP contribution in [0.4, 0.5) is 0 Å². The van der Waals surface area contributed by atoms with Crippen LogP contribution >= 0.6 is 11.6 Å². The second-order valence-electron chi connectivity index (χ2n) is 13.5. The van der Waals surface area contributed by atoms with E-state index in [-0.39, 0.29) is 53.8 Å². The molecule has 47 heavy (non-hydrogen) atoms. The van der Waals surface area contributed by atoms with Gasteiger partial charge < -0.3 is 30.0 Å². The smallest absolute Gasteiger partial charge is 0.326 e. The first-order valence-corrected chi connectivity index (χ1v) is 17.0. The topological polar surface area (TPSA) is 148 Å². The minimum atomic E-state index is -1.05. The average molecular weight is 668 g/mol. The molecule has 6 rings (SSSR count). The Morgan fingerprint density at radius 2 is 1.57 bits per heavy atom. The quantitative estimate of drug-likeness (QED) is 0.422. The van der Waals surface area contributed by atoms with Crippen molar-refractivity contribution in [2.24, 2.45) is 11.8 Å². The van der Waals surface area contributed by atoms with Crippen molar-refractivity contribution in [1.82, 2.24) is 24.9 Å². The summed E-state index contributed by atoms with van der Waals surface area (Å²) in [5.41, 5.74) is 0.699. The number of rotatable bonds is 7. The highest BCUT2D eigenvalue weighted by Gasteiger charge is 2.54. The second kappa shape index (κ2) is 13.3. The number of amides is 5. The molecule has 0 aliphatic carbocycles. The van der Waals surface area contributed by atoms with E-state index in [9.17, 15) is 33.9 Å². The maximum atomic E-state index is 14.2. The van der Waals surface area contributed by atoms with Crippen LogP contribution in [-0.4, -0.2) is 116 Å². The van der Waals surface area contributed by atoms with Crippen molar-refractivity contribution in [1.29, 1.82) is 0 Å². The Hall–Kier alpha value is -3.93. The highest BCUT2D eigenvalue weighted by atomic mass is 35.5. The molecule has 2 N–H and O–H groups in total. The van der Waals surface area contributed by atoms with Crippen LogP contribution in [0.1, 0.15) is 57.9 Å². The highest BCUT2D eigenvalue weighted by molar-refractivity contribution is 6.31. The minimum absolute atomic E-state index is 0.0192. The van der Waals surface area contributed by atoms with Crippen molar-refractivity contribution in [3.63, 3.8) is 0 Å². The summed E-state index contributed by atoms with van der Waals surface area (Å²) in [6.07, 6.45) is 7.07. The van der Waals surface area contributed by atoms with Gasteiger partial charge in [0.2, 0.25) is 29.5 Å². The van der Waals surface area contributed by atoms with Crippen LogP contribution in [0, 0.1) is 11.8 Å². The molecular weight excluding hydrogens is 626 g/mol. The van der Waals surface area contributed by atoms with E-state index in [2.05, 4.69) is 5.32 Å². The van der Waals surface area contributed by atoms with Crippen LogP contribution in [0.5, 0.6) is 0 Å². The van der Waals surface area contributed by atoms with Gasteiger partial charge in [-0.1, -0.05) is 48.9 Å². The molecule has 0 radical (unpaired) electrons. The van der Waals surface area contributed by atoms with Gasteiger partial charge in [-0.15, -0.1) is 0 Å². The highest BCUT2D eigenvalue weighted by Crippen LogP contribution is 2.39. The van der Waals surface area contributed by atoms with E-state index in [1.165, 1.54) is 16.7 Å². The van der Waals surface area contributed by atoms with E-state index in [4.69, 9.17) is 11.6 Å². The molecule has 5 amide bonds. The molecule has 5 heterocycles. The van der Waals surface area contributed by atoms with Gasteiger partial charge in [-0.25, -0.2) is 4.79 Å². The summed E-state index contributed by atoms with van der Waals surface area (Å²) < 4.78 is 0. The van der Waals surface area contributed by atoms with Crippen molar-refractivity contribution in [3.8, 4) is 0 Å². The number of fused-ring (bicyclic) bond motifs is 2. The summed E-state index contributed by atoms with van der Waals surface area (Å²) in [5.74, 6) is -3.02. The van der Waals surface area contributed by atoms with Crippen molar-refractivity contribution in [3.05, 3.63) is 47.0 Å². The Bertz CT molecular complexity index is 1500. The summed E-state index contributed by atoms with van der Waals surface area (Å²) in [6.45, 7) is 4.31. The van der Waals surface area contributed by atoms with E-state index in [1.54, 1.807) is 34.1 Å². The van der Waals surface area contributed by atoms with E-state index >= 15 is 0 Å². The maximum absolute atomic E-state index is 14.2. The summed E-state index contributed by atoms with van der Waals surface area (Å²) in [5, 5.41) is 13.1. The molecule has 1 aromatic carbocycles. The number of carboxylic acids is 1. The van der Waals surface area contributed by atoms with Gasteiger partial charge >= 0.3 is 5.97 Å². The molecule has 4 fully saturated rings. The molecule has 0 bridgehead atoms. The molecule has 0 unspecified atom stereocenters. The van der Waals surface area contributed by atoms with E-state index in [0.29, 0.717) is 68.7 Å². The molecule has 8 atom stereocenters. The van der Waals surface area contributed by atoms with Crippen LogP contribution in [0.3, 0.4) is 0 Å². The third-order valence-electron chi connectivity index (χ3n) is 10.6. The van der Waals surface area contributed by atoms with Crippen LogP contribution in [0.2, 0.25) is 5.02 Å². The fourth-order valence-electron chi connectivity index (χ4n) is 8.37. The van der Waals surface area contributed by atoms with Gasteiger partial charge in [0, 0.05) is 43.9 Å². The third kappa shape index (κ3) is 6.12. The number of hydrogen-bond donors (Lipinski definition) is 2. The normalized spacial score (nSPS) is 30.6. The fraction of sp³-hybridized carbons (Fsp3) is 0.588. The minimum Gasteiger partial charge on any atom is -0.480 e. The lowest BCUT2D eigenvalue weighted by Crippen LogP contribution is -2.59. The van der Waals surface area contributed by atoms with Crippen LogP contribution in [0.25, 0.3) is 0 Å². The number of carbonyl (C=O) groups excluding carboxylic acids is 5. The summed E-state index contributed by atoms with van der Waals surface area (Å²) in [7, 11) is 0. The number of nitrogens with zero attached hydrogens (tertiary/aromatic N) is 4. The Morgan fingerprint density at radius 1 is 0.915 bits per heavy atom. The summed E-state index contributed by atoms with van der Waals surface area (Å²) in [4.78, 5) is 86.6. The predicted octanol–water partition coefficient (Wildman–Crippen LogP) is 1.85. The second-order valence-corrected chi connectivity index (χ2v) is 14.0. The molecule has 0 saturated carbocycles. The Kier molecular flexibility index (Phi) is 9.33. The SMILES string of the molecule is CC(=O)N[C@@H](Cc1ccccc1Cl)C(=O)N1CCC[C@H]1C(=O)N1CCC[C@H]1C(=O)N1CC[C@@H]2C=C[C@H]3[C@H](C)C[C@@H](C(=O)O)N3C(=O)[C@H]21. The first-order chi connectivity index (χ1) is 22.5. The van der Waals surface area contributed by atoms with Crippen molar-refractivity contribution in [2.75, 3.05) is 19.6 Å². The van der Waals surface area contributed by atoms with Crippen LogP contribution in [0.15, 0.2) is 36.4 Å². The lowest BCUT2D eigenvalue weighted by Gasteiger charge is -2.36. The molecule has 0 spiro atoms. The number of nitrogens with one attached hydrogen (secondary N) is 1. The molecule has 252 valence electrons. The summed E-state index contributed by atoms with van der Waals surface area (Å²) in [6, 6.07) is 2.52. The first-order valence-electron chi connectivity index (χ1n) is 16.6. The number of likely N-dealkylation sites (tertiary alicyclic amines) is 3.